The molecule has 1 aromatic heterocycles. The minimum absolute atomic E-state index is 0. The zero-order chi connectivity index (χ0) is 21.3. The topological polar surface area (TPSA) is 58.1 Å². The third-order valence-electron chi connectivity index (χ3n) is 4.90. The highest BCUT2D eigenvalue weighted by molar-refractivity contribution is 14.0. The fraction of sp³-hybridized carbons (Fsp3) is 0.476. The van der Waals surface area contributed by atoms with Gasteiger partial charge in [-0.25, -0.2) is 4.99 Å². The van der Waals surface area contributed by atoms with Gasteiger partial charge in [-0.2, -0.15) is 8.78 Å². The molecule has 0 aliphatic carbocycles. The van der Waals surface area contributed by atoms with E-state index in [1.54, 1.807) is 23.5 Å². The van der Waals surface area contributed by atoms with E-state index in [4.69, 9.17) is 4.74 Å². The van der Waals surface area contributed by atoms with Gasteiger partial charge in [0.05, 0.1) is 18.7 Å². The number of hydrogen-bond acceptors (Lipinski definition) is 5. The van der Waals surface area contributed by atoms with E-state index < -0.39 is 6.61 Å². The van der Waals surface area contributed by atoms with Crippen molar-refractivity contribution < 1.29 is 18.3 Å². The maximum Gasteiger partial charge on any atom is 0.387 e. The molecule has 0 unspecified atom stereocenters. The van der Waals surface area contributed by atoms with Crippen LogP contribution < -0.4 is 25.0 Å². The summed E-state index contributed by atoms with van der Waals surface area (Å²) in [5, 5.41) is 10.1. The lowest BCUT2D eigenvalue weighted by Crippen LogP contribution is -2.48. The van der Waals surface area contributed by atoms with Gasteiger partial charge < -0.3 is 25.0 Å². The third kappa shape index (κ3) is 7.67. The number of benzene rings is 1. The molecular formula is C21H29F2IN4O2S. The Morgan fingerprint density at radius 1 is 1.29 bits per heavy atom. The van der Waals surface area contributed by atoms with Crippen LogP contribution in [0.15, 0.2) is 40.7 Å². The second kappa shape index (κ2) is 12.9. The minimum atomic E-state index is -2.90. The average Bonchev–Trinajstić information content (AvgIpc) is 3.28. The Hall–Kier alpha value is -1.82. The molecule has 31 heavy (non-hydrogen) atoms. The summed E-state index contributed by atoms with van der Waals surface area (Å²) in [4.78, 5) is 6.99. The Morgan fingerprint density at radius 2 is 2.06 bits per heavy atom. The number of alkyl halides is 2. The predicted octanol–water partition coefficient (Wildman–Crippen LogP) is 4.70. The molecular weight excluding hydrogens is 537 g/mol. The molecule has 2 heterocycles. The van der Waals surface area contributed by atoms with Gasteiger partial charge in [-0.05, 0) is 49.4 Å². The molecule has 1 saturated heterocycles. The van der Waals surface area contributed by atoms with Gasteiger partial charge in [0.25, 0.3) is 0 Å². The quantitative estimate of drug-likeness (QED) is 0.276. The first-order valence-corrected chi connectivity index (χ1v) is 10.9. The number of nitrogens with zero attached hydrogens (tertiary/aromatic N) is 2. The van der Waals surface area contributed by atoms with E-state index in [0.29, 0.717) is 29.9 Å². The van der Waals surface area contributed by atoms with Crippen molar-refractivity contribution in [1.82, 2.24) is 10.6 Å². The molecule has 3 rings (SSSR count). The number of piperidine rings is 1. The van der Waals surface area contributed by atoms with Crippen molar-refractivity contribution in [3.05, 3.63) is 41.3 Å². The largest absolute Gasteiger partial charge is 0.497 e. The van der Waals surface area contributed by atoms with E-state index in [2.05, 4.69) is 42.8 Å². The van der Waals surface area contributed by atoms with Crippen molar-refractivity contribution in [2.75, 3.05) is 31.6 Å². The Bertz CT molecular complexity index is 816. The Labute approximate surface area is 203 Å². The number of hydrogen-bond donors (Lipinski definition) is 2. The van der Waals surface area contributed by atoms with Crippen molar-refractivity contribution in [3.8, 4) is 11.5 Å². The first kappa shape index (κ1) is 25.4. The maximum absolute atomic E-state index is 12.8. The zero-order valence-electron chi connectivity index (χ0n) is 17.6. The first-order valence-electron chi connectivity index (χ1n) is 10.0. The summed E-state index contributed by atoms with van der Waals surface area (Å²) in [7, 11) is 1.48. The monoisotopic (exact) mass is 566 g/mol. The first-order chi connectivity index (χ1) is 14.6. The van der Waals surface area contributed by atoms with Crippen LogP contribution in [0.4, 0.5) is 13.8 Å². The number of ether oxygens (including phenoxy) is 2. The molecule has 1 aliphatic heterocycles. The molecule has 2 N–H and O–H groups in total. The summed E-state index contributed by atoms with van der Waals surface area (Å²) in [5.74, 6) is 1.21. The summed E-state index contributed by atoms with van der Waals surface area (Å²) in [6, 6.07) is 9.40. The molecule has 1 fully saturated rings. The highest BCUT2D eigenvalue weighted by atomic mass is 127. The molecule has 2 aromatic rings. The van der Waals surface area contributed by atoms with Crippen LogP contribution in [0.1, 0.15) is 25.3 Å². The van der Waals surface area contributed by atoms with E-state index in [1.165, 1.54) is 18.2 Å². The molecule has 172 valence electrons. The Balaban J connectivity index is 0.00000341. The molecule has 1 aliphatic rings. The smallest absolute Gasteiger partial charge is 0.387 e. The van der Waals surface area contributed by atoms with Crippen molar-refractivity contribution in [2.24, 2.45) is 4.99 Å². The van der Waals surface area contributed by atoms with Crippen LogP contribution in [0.5, 0.6) is 11.5 Å². The summed E-state index contributed by atoms with van der Waals surface area (Å²) in [6.45, 7) is 2.00. The lowest BCUT2D eigenvalue weighted by atomic mass is 10.1. The van der Waals surface area contributed by atoms with Crippen molar-refractivity contribution in [3.63, 3.8) is 0 Å². The van der Waals surface area contributed by atoms with Crippen LogP contribution in [0.2, 0.25) is 0 Å². The van der Waals surface area contributed by atoms with E-state index >= 15 is 0 Å². The Kier molecular flexibility index (Phi) is 10.6. The fourth-order valence-corrected chi connectivity index (χ4v) is 4.16. The molecule has 6 nitrogen and oxygen atoms in total. The number of anilines is 1. The molecule has 0 radical (unpaired) electrons. The molecule has 0 bridgehead atoms. The molecule has 0 saturated carbocycles. The highest BCUT2D eigenvalue weighted by Gasteiger charge is 2.21. The van der Waals surface area contributed by atoms with Crippen LogP contribution in [0.3, 0.4) is 0 Å². The minimum Gasteiger partial charge on any atom is -0.497 e. The zero-order valence-corrected chi connectivity index (χ0v) is 20.8. The van der Waals surface area contributed by atoms with Crippen LogP contribution in [-0.4, -0.2) is 45.4 Å². The van der Waals surface area contributed by atoms with Gasteiger partial charge >= 0.3 is 6.61 Å². The number of aliphatic imine (C=N–C) groups is 1. The predicted molar refractivity (Wildman–Crippen MR) is 133 cm³/mol. The molecule has 0 atom stereocenters. The molecule has 1 aromatic carbocycles. The van der Waals surface area contributed by atoms with Gasteiger partial charge in [-0.1, -0.05) is 0 Å². The SMILES string of the molecule is CCNC(=NCc1ccc(OC)cc1OC(F)F)NC1CCN(c2cccs2)CC1.I. The van der Waals surface area contributed by atoms with E-state index in [9.17, 15) is 8.78 Å². The number of methoxy groups -OCH3 is 1. The van der Waals surface area contributed by atoms with Crippen molar-refractivity contribution in [2.45, 2.75) is 39.0 Å². The van der Waals surface area contributed by atoms with Gasteiger partial charge in [0, 0.05) is 37.3 Å². The summed E-state index contributed by atoms with van der Waals surface area (Å²) >= 11 is 1.76. The third-order valence-corrected chi connectivity index (χ3v) is 5.82. The molecule has 0 spiro atoms. The van der Waals surface area contributed by atoms with Gasteiger partial charge in [0.15, 0.2) is 5.96 Å². The lowest BCUT2D eigenvalue weighted by molar-refractivity contribution is -0.0505. The molecule has 0 amide bonds. The Morgan fingerprint density at radius 3 is 2.68 bits per heavy atom. The van der Waals surface area contributed by atoms with Crippen molar-refractivity contribution >= 4 is 46.3 Å². The second-order valence-electron chi connectivity index (χ2n) is 6.90. The van der Waals surface area contributed by atoms with Gasteiger partial charge in [0.1, 0.15) is 11.5 Å². The lowest BCUT2D eigenvalue weighted by Gasteiger charge is -2.33. The summed E-state index contributed by atoms with van der Waals surface area (Å²) in [6.07, 6.45) is 2.01. The van der Waals surface area contributed by atoms with Gasteiger partial charge in [-0.15, -0.1) is 35.3 Å². The second-order valence-corrected chi connectivity index (χ2v) is 7.83. The van der Waals surface area contributed by atoms with Gasteiger partial charge in [-0.3, -0.25) is 0 Å². The standard InChI is InChI=1S/C21H28F2N4O2S.HI/c1-3-24-21(26-16-8-10-27(11-9-16)19-5-4-12-30-19)25-14-15-6-7-17(28-2)13-18(15)29-20(22)23;/h4-7,12-13,16,20H,3,8-11,14H2,1-2H3,(H2,24,25,26);1H. The number of nitrogens with one attached hydrogen (secondary N) is 2. The number of thiophene rings is 1. The van der Waals surface area contributed by atoms with E-state index in [0.717, 1.165) is 25.9 Å². The van der Waals surface area contributed by atoms with E-state index in [1.807, 2.05) is 6.92 Å². The van der Waals surface area contributed by atoms with E-state index in [-0.39, 0.29) is 36.3 Å². The number of rotatable bonds is 8. The number of guanidine groups is 1. The van der Waals surface area contributed by atoms with Crippen LogP contribution in [0, 0.1) is 0 Å². The normalized spacial score (nSPS) is 14.9. The molecule has 10 heteroatoms. The van der Waals surface area contributed by atoms with Crippen LogP contribution in [-0.2, 0) is 6.54 Å². The average molecular weight is 566 g/mol. The number of halogens is 3. The fourth-order valence-electron chi connectivity index (χ4n) is 3.37. The van der Waals surface area contributed by atoms with Gasteiger partial charge in [0.2, 0.25) is 0 Å². The maximum atomic E-state index is 12.8. The highest BCUT2D eigenvalue weighted by Crippen LogP contribution is 2.27. The van der Waals surface area contributed by atoms with Crippen LogP contribution in [0.25, 0.3) is 0 Å². The summed E-state index contributed by atoms with van der Waals surface area (Å²) in [5.41, 5.74) is 0.570. The van der Waals surface area contributed by atoms with Crippen molar-refractivity contribution in [1.29, 1.82) is 0 Å². The van der Waals surface area contributed by atoms with Crippen LogP contribution >= 0.6 is 35.3 Å². The summed E-state index contributed by atoms with van der Waals surface area (Å²) < 4.78 is 35.3.